The summed E-state index contributed by atoms with van der Waals surface area (Å²) in [6.07, 6.45) is 4.64. The average Bonchev–Trinajstić information content (AvgIpc) is 2.92. The molecule has 0 spiro atoms. The van der Waals surface area contributed by atoms with Crippen LogP contribution in [0.4, 0.5) is 4.79 Å². The first kappa shape index (κ1) is 20.7. The van der Waals surface area contributed by atoms with E-state index in [-0.39, 0.29) is 23.5 Å². The number of piperidine rings is 1. The van der Waals surface area contributed by atoms with E-state index in [1.807, 2.05) is 13.8 Å². The van der Waals surface area contributed by atoms with E-state index in [1.165, 1.54) is 0 Å². The average molecular weight is 423 g/mol. The number of hydrogen-bond donors (Lipinski definition) is 0. The highest BCUT2D eigenvalue weighted by atomic mass is 35.5. The number of thioether (sulfide) groups is 1. The maximum absolute atomic E-state index is 12.6. The fraction of sp³-hybridized carbons (Fsp3) is 0.450. The van der Waals surface area contributed by atoms with E-state index in [2.05, 4.69) is 0 Å². The van der Waals surface area contributed by atoms with Crippen molar-refractivity contribution >= 4 is 46.5 Å². The van der Waals surface area contributed by atoms with Gasteiger partial charge in [0, 0.05) is 13.1 Å². The number of halogens is 1. The molecule has 8 heteroatoms. The standard InChI is InChI=1S/C20H23ClN2O4S/c1-13(2)27-16-7-6-14(10-15(16)21)11-17-19(25)23(20(26)28-17)12-18(24)22-8-4-3-5-9-22/h6-7,10-11,13H,3-5,8-9,12H2,1-2H3/b17-11-. The van der Waals surface area contributed by atoms with Crippen LogP contribution in [-0.4, -0.2) is 52.6 Å². The minimum atomic E-state index is -0.445. The molecule has 0 unspecified atom stereocenters. The first-order chi connectivity index (χ1) is 13.3. The van der Waals surface area contributed by atoms with Gasteiger partial charge in [-0.1, -0.05) is 17.7 Å². The minimum Gasteiger partial charge on any atom is -0.489 e. The quantitative estimate of drug-likeness (QED) is 0.666. The van der Waals surface area contributed by atoms with E-state index < -0.39 is 11.1 Å². The van der Waals surface area contributed by atoms with Crippen LogP contribution >= 0.6 is 23.4 Å². The predicted molar refractivity (Wildman–Crippen MR) is 110 cm³/mol. The van der Waals surface area contributed by atoms with Crippen LogP contribution in [0.3, 0.4) is 0 Å². The highest BCUT2D eigenvalue weighted by Gasteiger charge is 2.37. The van der Waals surface area contributed by atoms with Crippen LogP contribution in [0.15, 0.2) is 23.1 Å². The molecule has 28 heavy (non-hydrogen) atoms. The van der Waals surface area contributed by atoms with E-state index in [4.69, 9.17) is 16.3 Å². The van der Waals surface area contributed by atoms with Gasteiger partial charge in [0.05, 0.1) is 16.0 Å². The Labute approximate surface area is 173 Å². The van der Waals surface area contributed by atoms with Gasteiger partial charge in [-0.25, -0.2) is 0 Å². The maximum atomic E-state index is 12.6. The molecule has 2 heterocycles. The van der Waals surface area contributed by atoms with E-state index in [0.717, 1.165) is 35.9 Å². The van der Waals surface area contributed by atoms with Gasteiger partial charge in [0.2, 0.25) is 5.91 Å². The molecule has 0 bridgehead atoms. The van der Waals surface area contributed by atoms with Crippen LogP contribution < -0.4 is 4.74 Å². The molecule has 150 valence electrons. The van der Waals surface area contributed by atoms with Crippen LogP contribution in [0.2, 0.25) is 5.02 Å². The van der Waals surface area contributed by atoms with Gasteiger partial charge >= 0.3 is 0 Å². The Kier molecular flexibility index (Phi) is 6.67. The lowest BCUT2D eigenvalue weighted by atomic mass is 10.1. The number of amides is 3. The molecule has 0 atom stereocenters. The third-order valence-corrected chi connectivity index (χ3v) is 5.69. The third-order valence-electron chi connectivity index (χ3n) is 4.49. The zero-order valence-corrected chi connectivity index (χ0v) is 17.5. The second-order valence-electron chi connectivity index (χ2n) is 7.07. The summed E-state index contributed by atoms with van der Waals surface area (Å²) in [4.78, 5) is 40.3. The number of imide groups is 1. The Morgan fingerprint density at radius 3 is 2.61 bits per heavy atom. The lowest BCUT2D eigenvalue weighted by Crippen LogP contribution is -2.44. The van der Waals surface area contributed by atoms with Gasteiger partial charge in [0.25, 0.3) is 11.1 Å². The SMILES string of the molecule is CC(C)Oc1ccc(/C=C2\SC(=O)N(CC(=O)N3CCCCC3)C2=O)cc1Cl. The molecule has 1 aromatic rings. The lowest BCUT2D eigenvalue weighted by molar-refractivity contribution is -0.136. The zero-order chi connectivity index (χ0) is 20.3. The second kappa shape index (κ2) is 9.01. The van der Waals surface area contributed by atoms with E-state index in [9.17, 15) is 14.4 Å². The highest BCUT2D eigenvalue weighted by molar-refractivity contribution is 8.18. The normalized spacial score (nSPS) is 19.1. The summed E-state index contributed by atoms with van der Waals surface area (Å²) in [6, 6.07) is 5.20. The fourth-order valence-electron chi connectivity index (χ4n) is 3.12. The van der Waals surface area contributed by atoms with Crippen molar-refractivity contribution in [2.24, 2.45) is 0 Å². The molecule has 2 aliphatic heterocycles. The van der Waals surface area contributed by atoms with Gasteiger partial charge in [-0.3, -0.25) is 19.3 Å². The number of likely N-dealkylation sites (tertiary alicyclic amines) is 1. The molecular formula is C20H23ClN2O4S. The van der Waals surface area contributed by atoms with E-state index in [1.54, 1.807) is 29.2 Å². The molecule has 0 aromatic heterocycles. The number of nitrogens with zero attached hydrogens (tertiary/aromatic N) is 2. The Bertz CT molecular complexity index is 818. The monoisotopic (exact) mass is 422 g/mol. The molecule has 2 aliphatic rings. The van der Waals surface area contributed by atoms with Crippen molar-refractivity contribution in [2.45, 2.75) is 39.2 Å². The molecule has 2 fully saturated rings. The van der Waals surface area contributed by atoms with Gasteiger partial charge in [-0.05, 0) is 68.6 Å². The summed E-state index contributed by atoms with van der Waals surface area (Å²) in [7, 11) is 0. The summed E-state index contributed by atoms with van der Waals surface area (Å²) in [5, 5.41) is 0.00872. The largest absolute Gasteiger partial charge is 0.489 e. The summed E-state index contributed by atoms with van der Waals surface area (Å²) >= 11 is 7.07. The summed E-state index contributed by atoms with van der Waals surface area (Å²) < 4.78 is 5.60. The van der Waals surface area contributed by atoms with Crippen molar-refractivity contribution in [3.05, 3.63) is 33.7 Å². The number of ether oxygens (including phenoxy) is 1. The molecule has 0 saturated carbocycles. The van der Waals surface area contributed by atoms with Crippen molar-refractivity contribution in [3.63, 3.8) is 0 Å². The molecule has 0 aliphatic carbocycles. The van der Waals surface area contributed by atoms with Crippen molar-refractivity contribution in [2.75, 3.05) is 19.6 Å². The molecule has 0 radical (unpaired) electrons. The van der Waals surface area contributed by atoms with Crippen molar-refractivity contribution < 1.29 is 19.1 Å². The second-order valence-corrected chi connectivity index (χ2v) is 8.47. The number of carbonyl (C=O) groups is 3. The summed E-state index contributed by atoms with van der Waals surface area (Å²) in [6.45, 7) is 4.99. The van der Waals surface area contributed by atoms with Gasteiger partial charge in [0.1, 0.15) is 12.3 Å². The topological polar surface area (TPSA) is 66.9 Å². The third kappa shape index (κ3) is 4.89. The number of hydrogen-bond acceptors (Lipinski definition) is 5. The van der Waals surface area contributed by atoms with Crippen LogP contribution in [0.25, 0.3) is 6.08 Å². The Balaban J connectivity index is 1.70. The minimum absolute atomic E-state index is 0.00251. The van der Waals surface area contributed by atoms with Crippen LogP contribution in [0.1, 0.15) is 38.7 Å². The molecule has 1 aromatic carbocycles. The van der Waals surface area contributed by atoms with Crippen LogP contribution in [0, 0.1) is 0 Å². The molecular weight excluding hydrogens is 400 g/mol. The zero-order valence-electron chi connectivity index (χ0n) is 15.9. The van der Waals surface area contributed by atoms with Crippen molar-refractivity contribution in [1.82, 2.24) is 9.80 Å². The Hall–Kier alpha value is -1.99. The fourth-order valence-corrected chi connectivity index (χ4v) is 4.19. The first-order valence-electron chi connectivity index (χ1n) is 9.34. The number of benzene rings is 1. The lowest BCUT2D eigenvalue weighted by Gasteiger charge is -2.27. The van der Waals surface area contributed by atoms with Crippen molar-refractivity contribution in [1.29, 1.82) is 0 Å². The smallest absolute Gasteiger partial charge is 0.294 e. The van der Waals surface area contributed by atoms with Crippen LogP contribution in [-0.2, 0) is 9.59 Å². The molecule has 6 nitrogen and oxygen atoms in total. The molecule has 3 rings (SSSR count). The molecule has 3 amide bonds. The number of rotatable bonds is 5. The van der Waals surface area contributed by atoms with Crippen molar-refractivity contribution in [3.8, 4) is 5.75 Å². The highest BCUT2D eigenvalue weighted by Crippen LogP contribution is 2.34. The van der Waals surface area contributed by atoms with E-state index >= 15 is 0 Å². The molecule has 2 saturated heterocycles. The maximum Gasteiger partial charge on any atom is 0.294 e. The van der Waals surface area contributed by atoms with Crippen LogP contribution in [0.5, 0.6) is 5.75 Å². The molecule has 0 N–H and O–H groups in total. The summed E-state index contributed by atoms with van der Waals surface area (Å²) in [5.41, 5.74) is 0.689. The van der Waals surface area contributed by atoms with Gasteiger partial charge in [-0.2, -0.15) is 0 Å². The first-order valence-corrected chi connectivity index (χ1v) is 10.5. The Morgan fingerprint density at radius 2 is 1.96 bits per heavy atom. The van der Waals surface area contributed by atoms with Gasteiger partial charge in [0.15, 0.2) is 0 Å². The number of carbonyl (C=O) groups excluding carboxylic acids is 3. The predicted octanol–water partition coefficient (Wildman–Crippen LogP) is 4.18. The Morgan fingerprint density at radius 1 is 1.25 bits per heavy atom. The summed E-state index contributed by atoms with van der Waals surface area (Å²) in [5.74, 6) is -0.0606. The van der Waals surface area contributed by atoms with Gasteiger partial charge < -0.3 is 9.64 Å². The van der Waals surface area contributed by atoms with E-state index in [0.29, 0.717) is 29.4 Å². The van der Waals surface area contributed by atoms with Gasteiger partial charge in [-0.15, -0.1) is 0 Å².